The van der Waals surface area contributed by atoms with Crippen molar-refractivity contribution in [3.8, 4) is 22.5 Å². The van der Waals surface area contributed by atoms with Gasteiger partial charge < -0.3 is 15.2 Å². The Morgan fingerprint density at radius 2 is 1.90 bits per heavy atom. The summed E-state index contributed by atoms with van der Waals surface area (Å²) in [7, 11) is 0. The number of amides is 1. The van der Waals surface area contributed by atoms with Gasteiger partial charge in [-0.25, -0.2) is 0 Å². The Hall–Kier alpha value is -3.23. The zero-order chi connectivity index (χ0) is 20.8. The van der Waals surface area contributed by atoms with Crippen molar-refractivity contribution in [1.29, 1.82) is 0 Å². The Balaban J connectivity index is 0.000000313. The maximum absolute atomic E-state index is 10.7. The topological polar surface area (TPSA) is 109 Å². The molecule has 154 valence electrons. The quantitative estimate of drug-likeness (QED) is 0.422. The van der Waals surface area contributed by atoms with Crippen LogP contribution in [0.2, 0.25) is 5.02 Å². The van der Waals surface area contributed by atoms with E-state index in [-0.39, 0.29) is 0 Å². The van der Waals surface area contributed by atoms with Crippen LogP contribution in [0.3, 0.4) is 0 Å². The van der Waals surface area contributed by atoms with Crippen molar-refractivity contribution in [2.24, 2.45) is 0 Å². The number of piperidine rings is 1. The molecule has 3 N–H and O–H groups in total. The molecular weight excluding hydrogens is 404 g/mol. The third-order valence-electron chi connectivity index (χ3n) is 4.86. The molecule has 8 nitrogen and oxygen atoms in total. The lowest BCUT2D eigenvalue weighted by molar-refractivity contribution is -0.105. The van der Waals surface area contributed by atoms with Gasteiger partial charge in [-0.1, -0.05) is 29.2 Å². The molecule has 0 spiro atoms. The van der Waals surface area contributed by atoms with Gasteiger partial charge in [0.05, 0.1) is 5.52 Å². The summed E-state index contributed by atoms with van der Waals surface area (Å²) in [5.41, 5.74) is 3.31. The van der Waals surface area contributed by atoms with Crippen LogP contribution >= 0.6 is 11.6 Å². The smallest absolute Gasteiger partial charge is 0.214 e. The summed E-state index contributed by atoms with van der Waals surface area (Å²) < 4.78 is 4.79. The molecular formula is C21H21ClN6O2. The summed E-state index contributed by atoms with van der Waals surface area (Å²) in [4.78, 5) is 14.7. The van der Waals surface area contributed by atoms with Crippen LogP contribution in [0.15, 0.2) is 47.3 Å². The second-order valence-corrected chi connectivity index (χ2v) is 7.26. The van der Waals surface area contributed by atoms with E-state index < -0.39 is 0 Å². The van der Waals surface area contributed by atoms with Crippen LogP contribution in [0.25, 0.3) is 33.4 Å². The van der Waals surface area contributed by atoms with Crippen LogP contribution in [0.4, 0.5) is 5.82 Å². The Morgan fingerprint density at radius 1 is 1.07 bits per heavy atom. The molecule has 1 aliphatic heterocycles. The summed E-state index contributed by atoms with van der Waals surface area (Å²) in [6.07, 6.45) is 6.08. The molecule has 0 atom stereocenters. The lowest BCUT2D eigenvalue weighted by Gasteiger charge is -2.08. The van der Waals surface area contributed by atoms with Crippen LogP contribution < -0.4 is 10.6 Å². The molecule has 1 aliphatic rings. The minimum atomic E-state index is 0.465. The first kappa shape index (κ1) is 20.1. The predicted molar refractivity (Wildman–Crippen MR) is 116 cm³/mol. The van der Waals surface area contributed by atoms with Gasteiger partial charge in [0, 0.05) is 21.5 Å². The number of hydrogen-bond donors (Lipinski definition) is 3. The zero-order valence-electron chi connectivity index (χ0n) is 16.2. The summed E-state index contributed by atoms with van der Waals surface area (Å²) in [6.45, 7) is 2.50. The van der Waals surface area contributed by atoms with Gasteiger partial charge in [-0.15, -0.1) is 0 Å². The van der Waals surface area contributed by atoms with Crippen LogP contribution in [-0.4, -0.2) is 39.8 Å². The fraction of sp³-hybridized carbons (Fsp3) is 0.238. The third-order valence-corrected chi connectivity index (χ3v) is 5.19. The number of nitrogens with zero attached hydrogens (tertiary/aromatic N) is 3. The highest BCUT2D eigenvalue weighted by Gasteiger charge is 2.12. The molecule has 4 aromatic rings. The van der Waals surface area contributed by atoms with Crippen molar-refractivity contribution < 1.29 is 9.32 Å². The van der Waals surface area contributed by atoms with E-state index in [0.29, 0.717) is 23.1 Å². The highest BCUT2D eigenvalue weighted by Crippen LogP contribution is 2.34. The van der Waals surface area contributed by atoms with Crippen molar-refractivity contribution in [2.75, 3.05) is 18.4 Å². The molecule has 1 saturated heterocycles. The molecule has 0 radical (unpaired) electrons. The van der Waals surface area contributed by atoms with Crippen molar-refractivity contribution in [3.63, 3.8) is 0 Å². The fourth-order valence-corrected chi connectivity index (χ4v) is 3.56. The van der Waals surface area contributed by atoms with Crippen LogP contribution in [0, 0.1) is 0 Å². The Kier molecular flexibility index (Phi) is 6.36. The second kappa shape index (κ2) is 9.51. The number of nitrogens with one attached hydrogen (secondary N) is 3. The first-order valence-corrected chi connectivity index (χ1v) is 10.1. The average Bonchev–Trinajstić information content (AvgIpc) is 3.47. The van der Waals surface area contributed by atoms with Crippen molar-refractivity contribution in [3.05, 3.63) is 47.8 Å². The van der Waals surface area contributed by atoms with Gasteiger partial charge in [0.2, 0.25) is 18.6 Å². The van der Waals surface area contributed by atoms with E-state index >= 15 is 0 Å². The van der Waals surface area contributed by atoms with E-state index in [9.17, 15) is 4.79 Å². The molecule has 2 aromatic heterocycles. The van der Waals surface area contributed by atoms with Crippen molar-refractivity contribution >= 4 is 34.7 Å². The van der Waals surface area contributed by atoms with Gasteiger partial charge in [0.15, 0.2) is 5.82 Å². The molecule has 2 aromatic carbocycles. The standard InChI is InChI=1S/C16H10ClN5O2.C5H11N/c17-13-3-1-10(15-19-8-24-22-15)6-11(13)9-2-4-14-12(5-9)16(18-7-23)21-20-14;1-2-4-6-5-3-1/h1-8H,(H2,18,20,21,23);6H,1-5H2. The Bertz CT molecular complexity index is 1110. The number of carbonyl (C=O) groups is 1. The number of aromatic nitrogens is 4. The van der Waals surface area contributed by atoms with E-state index in [1.54, 1.807) is 6.07 Å². The molecule has 1 amide bonds. The number of halogens is 1. The average molecular weight is 425 g/mol. The number of rotatable bonds is 4. The van der Waals surface area contributed by atoms with Gasteiger partial charge >= 0.3 is 0 Å². The predicted octanol–water partition coefficient (Wildman–Crippen LogP) is 4.26. The van der Waals surface area contributed by atoms with Gasteiger partial charge in [-0.05, 0) is 61.8 Å². The molecule has 9 heteroatoms. The summed E-state index contributed by atoms with van der Waals surface area (Å²) in [5, 5.41) is 18.0. The fourth-order valence-electron chi connectivity index (χ4n) is 3.33. The van der Waals surface area contributed by atoms with Gasteiger partial charge in [0.1, 0.15) is 0 Å². The second-order valence-electron chi connectivity index (χ2n) is 6.85. The summed E-state index contributed by atoms with van der Waals surface area (Å²) in [5.74, 6) is 0.952. The maximum atomic E-state index is 10.7. The van der Waals surface area contributed by atoms with Crippen LogP contribution in [-0.2, 0) is 4.79 Å². The zero-order valence-corrected chi connectivity index (χ0v) is 16.9. The normalized spacial score (nSPS) is 13.5. The van der Waals surface area contributed by atoms with Gasteiger partial charge in [0.25, 0.3) is 0 Å². The van der Waals surface area contributed by atoms with E-state index in [2.05, 4.69) is 31.0 Å². The lowest BCUT2D eigenvalue weighted by atomic mass is 10.0. The number of H-pyrrole nitrogens is 1. The van der Waals surface area contributed by atoms with Crippen LogP contribution in [0.1, 0.15) is 19.3 Å². The maximum Gasteiger partial charge on any atom is 0.214 e. The molecule has 30 heavy (non-hydrogen) atoms. The monoisotopic (exact) mass is 424 g/mol. The van der Waals surface area contributed by atoms with E-state index in [1.165, 1.54) is 38.7 Å². The first-order valence-electron chi connectivity index (χ1n) is 9.72. The Labute approximate surface area is 178 Å². The van der Waals surface area contributed by atoms with Crippen molar-refractivity contribution in [1.82, 2.24) is 25.7 Å². The minimum Gasteiger partial charge on any atom is -0.342 e. The summed E-state index contributed by atoms with van der Waals surface area (Å²) in [6, 6.07) is 11.2. The number of hydrogen-bond acceptors (Lipinski definition) is 6. The lowest BCUT2D eigenvalue weighted by Crippen LogP contribution is -2.21. The number of fused-ring (bicyclic) bond motifs is 1. The SMILES string of the molecule is C1CCNCC1.O=CNc1n[nH]c2ccc(-c3cc(-c4ncon4)ccc3Cl)cc12. The molecule has 0 unspecified atom stereocenters. The number of anilines is 1. The number of benzene rings is 2. The first-order chi connectivity index (χ1) is 14.8. The molecule has 1 fully saturated rings. The van der Waals surface area contributed by atoms with Crippen LogP contribution in [0.5, 0.6) is 0 Å². The molecule has 0 aliphatic carbocycles. The van der Waals surface area contributed by atoms with E-state index in [4.69, 9.17) is 16.1 Å². The largest absolute Gasteiger partial charge is 0.342 e. The molecule has 5 rings (SSSR count). The molecule has 0 saturated carbocycles. The van der Waals surface area contributed by atoms with E-state index in [0.717, 1.165) is 27.6 Å². The number of carbonyl (C=O) groups excluding carboxylic acids is 1. The number of aromatic amines is 1. The molecule has 3 heterocycles. The van der Waals surface area contributed by atoms with Gasteiger partial charge in [-0.2, -0.15) is 10.1 Å². The molecule has 0 bridgehead atoms. The van der Waals surface area contributed by atoms with E-state index in [1.807, 2.05) is 30.3 Å². The summed E-state index contributed by atoms with van der Waals surface area (Å²) >= 11 is 6.36. The Morgan fingerprint density at radius 3 is 2.57 bits per heavy atom. The van der Waals surface area contributed by atoms with Crippen molar-refractivity contribution in [2.45, 2.75) is 19.3 Å². The minimum absolute atomic E-state index is 0.465. The highest BCUT2D eigenvalue weighted by atomic mass is 35.5. The highest BCUT2D eigenvalue weighted by molar-refractivity contribution is 6.33. The third kappa shape index (κ3) is 4.50. The van der Waals surface area contributed by atoms with Gasteiger partial charge in [-0.3, -0.25) is 9.89 Å².